The number of hydrogen-bond acceptors (Lipinski definition) is 4. The zero-order valence-electron chi connectivity index (χ0n) is 10.1. The van der Waals surface area contributed by atoms with Crippen LogP contribution in [0.4, 0.5) is 15.8 Å². The number of carbonyl (C=O) groups is 1. The summed E-state index contributed by atoms with van der Waals surface area (Å²) in [5.74, 6) is -1.23. The minimum Gasteiger partial charge on any atom is -0.384 e. The zero-order valence-corrected chi connectivity index (χ0v) is 10.1. The van der Waals surface area contributed by atoms with E-state index in [9.17, 15) is 19.3 Å². The van der Waals surface area contributed by atoms with E-state index >= 15 is 0 Å². The fourth-order valence-electron chi connectivity index (χ4n) is 1.19. The number of nitrogens with one attached hydrogen (secondary N) is 1. The number of halogens is 1. The van der Waals surface area contributed by atoms with E-state index in [4.69, 9.17) is 5.73 Å². The third-order valence-corrected chi connectivity index (χ3v) is 2.49. The smallest absolute Gasteiger partial charge is 0.274 e. The summed E-state index contributed by atoms with van der Waals surface area (Å²) in [4.78, 5) is 20.9. The molecule has 1 amide bonds. The van der Waals surface area contributed by atoms with Gasteiger partial charge in [0.15, 0.2) is 0 Å². The van der Waals surface area contributed by atoms with Crippen molar-refractivity contribution < 1.29 is 14.1 Å². The molecule has 0 saturated heterocycles. The summed E-state index contributed by atoms with van der Waals surface area (Å²) < 4.78 is 13.1. The standard InChI is InChI=1S/C11H14FN3O3/c1-11(2,10(13)16)6-14-8-3-7(12)4-9(5-8)15(17)18/h3-5,14H,6H2,1-2H3,(H2,13,16). The van der Waals surface area contributed by atoms with Gasteiger partial charge in [-0.3, -0.25) is 14.9 Å². The first-order valence-corrected chi connectivity index (χ1v) is 5.21. The molecule has 0 atom stereocenters. The second kappa shape index (κ2) is 4.99. The highest BCUT2D eigenvalue weighted by Crippen LogP contribution is 2.22. The zero-order chi connectivity index (χ0) is 13.9. The van der Waals surface area contributed by atoms with Crippen LogP contribution in [0.1, 0.15) is 13.8 Å². The molecule has 0 saturated carbocycles. The maximum absolute atomic E-state index is 13.1. The van der Waals surface area contributed by atoms with E-state index < -0.39 is 22.1 Å². The van der Waals surface area contributed by atoms with E-state index in [2.05, 4.69) is 5.32 Å². The van der Waals surface area contributed by atoms with E-state index in [1.54, 1.807) is 13.8 Å². The van der Waals surface area contributed by atoms with Gasteiger partial charge >= 0.3 is 0 Å². The molecule has 1 aromatic carbocycles. The van der Waals surface area contributed by atoms with E-state index in [1.807, 2.05) is 0 Å². The predicted molar refractivity (Wildman–Crippen MR) is 64.5 cm³/mol. The minimum atomic E-state index is -0.832. The van der Waals surface area contributed by atoms with Gasteiger partial charge in [0.25, 0.3) is 5.69 Å². The molecule has 6 nitrogen and oxygen atoms in total. The Morgan fingerprint density at radius 1 is 1.50 bits per heavy atom. The molecule has 3 N–H and O–H groups in total. The number of non-ortho nitro benzene ring substituents is 1. The average Bonchev–Trinajstić information content (AvgIpc) is 2.25. The van der Waals surface area contributed by atoms with Crippen LogP contribution in [-0.4, -0.2) is 17.4 Å². The van der Waals surface area contributed by atoms with Gasteiger partial charge in [-0.25, -0.2) is 4.39 Å². The van der Waals surface area contributed by atoms with Crippen molar-refractivity contribution in [1.29, 1.82) is 0 Å². The molecule has 0 aliphatic heterocycles. The fraction of sp³-hybridized carbons (Fsp3) is 0.364. The van der Waals surface area contributed by atoms with Crippen LogP contribution in [0.2, 0.25) is 0 Å². The van der Waals surface area contributed by atoms with E-state index in [1.165, 1.54) is 6.07 Å². The topological polar surface area (TPSA) is 98.3 Å². The Morgan fingerprint density at radius 2 is 2.11 bits per heavy atom. The molecule has 0 bridgehead atoms. The molecular formula is C11H14FN3O3. The lowest BCUT2D eigenvalue weighted by molar-refractivity contribution is -0.385. The Balaban J connectivity index is 2.86. The number of hydrogen-bond donors (Lipinski definition) is 2. The normalized spacial score (nSPS) is 11.1. The fourth-order valence-corrected chi connectivity index (χ4v) is 1.19. The Kier molecular flexibility index (Phi) is 3.85. The van der Waals surface area contributed by atoms with Gasteiger partial charge in [-0.05, 0) is 19.9 Å². The summed E-state index contributed by atoms with van der Waals surface area (Å²) >= 11 is 0. The maximum atomic E-state index is 13.1. The van der Waals surface area contributed by atoms with E-state index in [-0.39, 0.29) is 17.9 Å². The number of amides is 1. The van der Waals surface area contributed by atoms with Crippen LogP contribution < -0.4 is 11.1 Å². The number of primary amides is 1. The van der Waals surface area contributed by atoms with Gasteiger partial charge in [-0.15, -0.1) is 0 Å². The second-order valence-corrected chi connectivity index (χ2v) is 4.56. The van der Waals surface area contributed by atoms with Crippen molar-refractivity contribution in [2.45, 2.75) is 13.8 Å². The van der Waals surface area contributed by atoms with Crippen molar-refractivity contribution in [3.05, 3.63) is 34.1 Å². The van der Waals surface area contributed by atoms with E-state index in [0.717, 1.165) is 12.1 Å². The van der Waals surface area contributed by atoms with Gasteiger partial charge in [0.05, 0.1) is 16.4 Å². The summed E-state index contributed by atoms with van der Waals surface area (Å²) in [6, 6.07) is 3.13. The van der Waals surface area contributed by atoms with Crippen LogP contribution in [0.15, 0.2) is 18.2 Å². The first-order chi connectivity index (χ1) is 8.22. The molecule has 1 rings (SSSR count). The lowest BCUT2D eigenvalue weighted by atomic mass is 9.92. The van der Waals surface area contributed by atoms with Gasteiger partial charge in [-0.2, -0.15) is 0 Å². The van der Waals surface area contributed by atoms with Gasteiger partial charge in [0.1, 0.15) is 5.82 Å². The third kappa shape index (κ3) is 3.41. The quantitative estimate of drug-likeness (QED) is 0.617. The summed E-state index contributed by atoms with van der Waals surface area (Å²) in [5, 5.41) is 13.3. The van der Waals surface area contributed by atoms with Crippen LogP contribution in [0.5, 0.6) is 0 Å². The summed E-state index contributed by atoms with van der Waals surface area (Å²) in [6.07, 6.45) is 0. The van der Waals surface area contributed by atoms with Crippen LogP contribution >= 0.6 is 0 Å². The number of benzene rings is 1. The molecule has 0 unspecified atom stereocenters. The van der Waals surface area contributed by atoms with Gasteiger partial charge in [-0.1, -0.05) is 0 Å². The largest absolute Gasteiger partial charge is 0.384 e. The minimum absolute atomic E-state index is 0.156. The lowest BCUT2D eigenvalue weighted by Gasteiger charge is -2.21. The molecule has 0 aliphatic carbocycles. The number of carbonyl (C=O) groups excluding carboxylic acids is 1. The van der Waals surface area contributed by atoms with E-state index in [0.29, 0.717) is 0 Å². The van der Waals surface area contributed by atoms with Crippen molar-refractivity contribution in [2.24, 2.45) is 11.1 Å². The molecule has 0 aliphatic rings. The summed E-state index contributed by atoms with van der Waals surface area (Å²) in [5.41, 5.74) is 4.23. The molecule has 0 aromatic heterocycles. The molecule has 0 fully saturated rings. The predicted octanol–water partition coefficient (Wildman–Crippen LogP) is 1.66. The second-order valence-electron chi connectivity index (χ2n) is 4.56. The van der Waals surface area contributed by atoms with Crippen molar-refractivity contribution >= 4 is 17.3 Å². The molecule has 0 spiro atoms. The van der Waals surface area contributed by atoms with Crippen molar-refractivity contribution in [1.82, 2.24) is 0 Å². The number of anilines is 1. The van der Waals surface area contributed by atoms with Gasteiger partial charge in [0, 0.05) is 18.3 Å². The Bertz CT molecular complexity index is 488. The molecule has 0 radical (unpaired) electrons. The summed E-state index contributed by atoms with van der Waals surface area (Å²) in [6.45, 7) is 3.40. The molecule has 0 heterocycles. The van der Waals surface area contributed by atoms with Crippen LogP contribution in [0.3, 0.4) is 0 Å². The van der Waals surface area contributed by atoms with Gasteiger partial charge in [0.2, 0.25) is 5.91 Å². The molecule has 7 heteroatoms. The number of nitrogens with zero attached hydrogens (tertiary/aromatic N) is 1. The first kappa shape index (κ1) is 13.9. The van der Waals surface area contributed by atoms with Crippen molar-refractivity contribution in [2.75, 3.05) is 11.9 Å². The number of nitro benzene ring substituents is 1. The lowest BCUT2D eigenvalue weighted by Crippen LogP contribution is -2.37. The first-order valence-electron chi connectivity index (χ1n) is 5.21. The Hall–Kier alpha value is -2.18. The van der Waals surface area contributed by atoms with Crippen LogP contribution in [0.25, 0.3) is 0 Å². The van der Waals surface area contributed by atoms with Crippen molar-refractivity contribution in [3.63, 3.8) is 0 Å². The highest BCUT2D eigenvalue weighted by atomic mass is 19.1. The SMILES string of the molecule is CC(C)(CNc1cc(F)cc([N+](=O)[O-])c1)C(N)=O. The van der Waals surface area contributed by atoms with Crippen LogP contribution in [0, 0.1) is 21.3 Å². The highest BCUT2D eigenvalue weighted by Gasteiger charge is 2.24. The number of nitro groups is 1. The molecule has 98 valence electrons. The van der Waals surface area contributed by atoms with Gasteiger partial charge < -0.3 is 11.1 Å². The van der Waals surface area contributed by atoms with Crippen LogP contribution in [-0.2, 0) is 4.79 Å². The molecule has 1 aromatic rings. The summed E-state index contributed by atoms with van der Waals surface area (Å²) in [7, 11) is 0. The Morgan fingerprint density at radius 3 is 2.61 bits per heavy atom. The Labute approximate surface area is 103 Å². The number of nitrogens with two attached hydrogens (primary N) is 1. The average molecular weight is 255 g/mol. The monoisotopic (exact) mass is 255 g/mol. The molecule has 18 heavy (non-hydrogen) atoms. The number of rotatable bonds is 5. The molecular weight excluding hydrogens is 241 g/mol. The maximum Gasteiger partial charge on any atom is 0.274 e. The third-order valence-electron chi connectivity index (χ3n) is 2.49. The highest BCUT2D eigenvalue weighted by molar-refractivity contribution is 5.80. The van der Waals surface area contributed by atoms with Crippen molar-refractivity contribution in [3.8, 4) is 0 Å².